The summed E-state index contributed by atoms with van der Waals surface area (Å²) in [4.78, 5) is 29.5. The number of aliphatic imine (C=N–C) groups is 1. The Hall–Kier alpha value is -2.77. The Morgan fingerprint density at radius 2 is 1.93 bits per heavy atom. The van der Waals surface area contributed by atoms with Gasteiger partial charge in [0, 0.05) is 6.54 Å². The largest absolute Gasteiger partial charge is 0.491 e. The molecule has 28 heavy (non-hydrogen) atoms. The molecule has 1 fully saturated rings. The normalized spacial score (nSPS) is 20.3. The van der Waals surface area contributed by atoms with Crippen molar-refractivity contribution in [1.29, 1.82) is 0 Å². The summed E-state index contributed by atoms with van der Waals surface area (Å²) in [6.45, 7) is 6.89. The lowest BCUT2D eigenvalue weighted by Crippen LogP contribution is -2.39. The highest BCUT2D eigenvalue weighted by Crippen LogP contribution is 2.29. The Bertz CT molecular complexity index is 713. The average molecular weight is 390 g/mol. The number of carbonyl (C=O) groups is 2. The molecule has 0 radical (unpaired) electrons. The number of carboxylic acids is 1. The topological polar surface area (TPSA) is 131 Å². The number of nitrogens with zero attached hydrogens (tertiary/aromatic N) is 2. The lowest BCUT2D eigenvalue weighted by Gasteiger charge is -2.26. The molecule has 3 atom stereocenters. The summed E-state index contributed by atoms with van der Waals surface area (Å²) >= 11 is 0. The van der Waals surface area contributed by atoms with Crippen molar-refractivity contribution >= 4 is 17.8 Å². The van der Waals surface area contributed by atoms with Crippen molar-refractivity contribution in [2.45, 2.75) is 45.7 Å². The van der Waals surface area contributed by atoms with Gasteiger partial charge in [0.25, 0.3) is 0 Å². The highest BCUT2D eigenvalue weighted by atomic mass is 16.5. The summed E-state index contributed by atoms with van der Waals surface area (Å²) in [5, 5.41) is 9.05. The predicted octanol–water partition coefficient (Wildman–Crippen LogP) is 1.75. The Labute approximate surface area is 165 Å². The molecule has 0 aliphatic carbocycles. The van der Waals surface area contributed by atoms with E-state index in [1.807, 2.05) is 45.0 Å². The molecule has 1 amide bonds. The van der Waals surface area contributed by atoms with Gasteiger partial charge in [-0.25, -0.2) is 4.99 Å². The number of rotatable bonds is 9. The molecule has 1 aromatic carbocycles. The third-order valence-electron chi connectivity index (χ3n) is 4.76. The molecule has 8 heteroatoms. The van der Waals surface area contributed by atoms with Crippen LogP contribution in [0.15, 0.2) is 29.3 Å². The summed E-state index contributed by atoms with van der Waals surface area (Å²) < 4.78 is 5.89. The number of hydrogen-bond donors (Lipinski definition) is 3. The summed E-state index contributed by atoms with van der Waals surface area (Å²) in [5.74, 6) is -0.501. The minimum absolute atomic E-state index is 0.0416. The van der Waals surface area contributed by atoms with Gasteiger partial charge in [0.05, 0.1) is 24.4 Å². The van der Waals surface area contributed by atoms with Crippen molar-refractivity contribution in [3.8, 4) is 5.75 Å². The van der Waals surface area contributed by atoms with Crippen LogP contribution in [0.4, 0.5) is 0 Å². The van der Waals surface area contributed by atoms with Crippen LogP contribution < -0.4 is 16.2 Å². The first-order chi connectivity index (χ1) is 13.2. The molecule has 8 nitrogen and oxygen atoms in total. The second kappa shape index (κ2) is 9.43. The molecule has 1 aromatic rings. The number of carbonyl (C=O) groups excluding carboxylic acids is 1. The summed E-state index contributed by atoms with van der Waals surface area (Å²) in [6, 6.07) is 7.19. The average Bonchev–Trinajstić information content (AvgIpc) is 2.87. The summed E-state index contributed by atoms with van der Waals surface area (Å²) in [6.07, 6.45) is 0.360. The van der Waals surface area contributed by atoms with Crippen LogP contribution in [0.2, 0.25) is 0 Å². The van der Waals surface area contributed by atoms with Crippen molar-refractivity contribution in [3.05, 3.63) is 29.8 Å². The summed E-state index contributed by atoms with van der Waals surface area (Å²) in [7, 11) is 0. The lowest BCUT2D eigenvalue weighted by atomic mass is 10.0. The SMILES string of the molecule is CC(C)CN1C(=O)[C@H](CC(=O)O)C[C@H]1COc1ccc(C(C)N=C(N)N)cc1. The fourth-order valence-corrected chi connectivity index (χ4v) is 3.48. The lowest BCUT2D eigenvalue weighted by molar-refractivity contribution is -0.142. The number of likely N-dealkylation sites (tertiary alicyclic amines) is 1. The van der Waals surface area contributed by atoms with Crippen LogP contribution in [0.3, 0.4) is 0 Å². The zero-order chi connectivity index (χ0) is 20.8. The molecular formula is C20H30N4O4. The maximum Gasteiger partial charge on any atom is 0.304 e. The van der Waals surface area contributed by atoms with Crippen molar-refractivity contribution in [2.75, 3.05) is 13.2 Å². The molecule has 1 heterocycles. The molecule has 5 N–H and O–H groups in total. The van der Waals surface area contributed by atoms with Gasteiger partial charge in [-0.3, -0.25) is 9.59 Å². The molecule has 0 bridgehead atoms. The van der Waals surface area contributed by atoms with E-state index in [1.165, 1.54) is 0 Å². The zero-order valence-corrected chi connectivity index (χ0v) is 16.7. The highest BCUT2D eigenvalue weighted by Gasteiger charge is 2.40. The molecule has 1 saturated heterocycles. The number of amides is 1. The van der Waals surface area contributed by atoms with Crippen molar-refractivity contribution in [2.24, 2.45) is 28.3 Å². The van der Waals surface area contributed by atoms with Gasteiger partial charge < -0.3 is 26.2 Å². The Morgan fingerprint density at radius 1 is 1.29 bits per heavy atom. The predicted molar refractivity (Wildman–Crippen MR) is 107 cm³/mol. The number of nitrogens with two attached hydrogens (primary N) is 2. The number of carboxylic acid groups (broad SMARTS) is 1. The van der Waals surface area contributed by atoms with Gasteiger partial charge in [-0.05, 0) is 37.0 Å². The molecule has 0 spiro atoms. The monoisotopic (exact) mass is 390 g/mol. The smallest absolute Gasteiger partial charge is 0.304 e. The van der Waals surface area contributed by atoms with E-state index in [2.05, 4.69) is 4.99 Å². The molecule has 1 unspecified atom stereocenters. The van der Waals surface area contributed by atoms with Crippen molar-refractivity contribution in [3.63, 3.8) is 0 Å². The number of hydrogen-bond acceptors (Lipinski definition) is 4. The van der Waals surface area contributed by atoms with Gasteiger partial charge in [-0.15, -0.1) is 0 Å². The number of ether oxygens (including phenoxy) is 1. The molecule has 154 valence electrons. The fraction of sp³-hybridized carbons (Fsp3) is 0.550. The molecule has 1 aliphatic heterocycles. The van der Waals surface area contributed by atoms with Gasteiger partial charge in [0.1, 0.15) is 12.4 Å². The first-order valence-corrected chi connectivity index (χ1v) is 9.51. The molecular weight excluding hydrogens is 360 g/mol. The maximum atomic E-state index is 12.6. The Morgan fingerprint density at radius 3 is 2.46 bits per heavy atom. The van der Waals surface area contributed by atoms with Crippen LogP contribution in [0, 0.1) is 11.8 Å². The third kappa shape index (κ3) is 5.87. The van der Waals surface area contributed by atoms with Crippen LogP contribution in [0.1, 0.15) is 45.2 Å². The first-order valence-electron chi connectivity index (χ1n) is 9.51. The number of benzene rings is 1. The zero-order valence-electron chi connectivity index (χ0n) is 16.7. The van der Waals surface area contributed by atoms with Crippen molar-refractivity contribution in [1.82, 2.24) is 4.90 Å². The van der Waals surface area contributed by atoms with Crippen LogP contribution in [0.25, 0.3) is 0 Å². The molecule has 0 aromatic heterocycles. The van der Waals surface area contributed by atoms with Crippen LogP contribution in [-0.4, -0.2) is 47.0 Å². The fourth-order valence-electron chi connectivity index (χ4n) is 3.48. The molecule has 1 aliphatic rings. The van der Waals surface area contributed by atoms with Crippen molar-refractivity contribution < 1.29 is 19.4 Å². The maximum absolute atomic E-state index is 12.6. The van der Waals surface area contributed by atoms with Gasteiger partial charge in [-0.1, -0.05) is 26.0 Å². The van der Waals surface area contributed by atoms with E-state index in [1.54, 1.807) is 4.90 Å². The standard InChI is InChI=1S/C20H30N4O4/c1-12(2)10-24-16(8-15(19(24)27)9-18(25)26)11-28-17-6-4-14(5-7-17)13(3)23-20(21)22/h4-7,12-13,15-16H,8-11H2,1-3H3,(H,25,26)(H4,21,22,23)/t13?,15-,16-/m0/s1. The highest BCUT2D eigenvalue weighted by molar-refractivity contribution is 5.85. The first kappa shape index (κ1) is 21.5. The van der Waals surface area contributed by atoms with Crippen LogP contribution in [-0.2, 0) is 9.59 Å². The van der Waals surface area contributed by atoms with E-state index in [0.717, 1.165) is 5.56 Å². The minimum atomic E-state index is -0.949. The van der Waals surface area contributed by atoms with E-state index in [4.69, 9.17) is 21.3 Å². The second-order valence-electron chi connectivity index (χ2n) is 7.68. The Balaban J connectivity index is 2.01. The number of guanidine groups is 1. The van der Waals surface area contributed by atoms with E-state index in [9.17, 15) is 9.59 Å². The van der Waals surface area contributed by atoms with E-state index < -0.39 is 11.9 Å². The number of aliphatic carboxylic acids is 1. The van der Waals surface area contributed by atoms with Gasteiger partial charge >= 0.3 is 5.97 Å². The van der Waals surface area contributed by atoms with Crippen LogP contribution >= 0.6 is 0 Å². The van der Waals surface area contributed by atoms with E-state index in [-0.39, 0.29) is 30.4 Å². The van der Waals surface area contributed by atoms with E-state index in [0.29, 0.717) is 31.2 Å². The van der Waals surface area contributed by atoms with Gasteiger partial charge in [-0.2, -0.15) is 0 Å². The van der Waals surface area contributed by atoms with Gasteiger partial charge in [0.15, 0.2) is 5.96 Å². The second-order valence-corrected chi connectivity index (χ2v) is 7.68. The van der Waals surface area contributed by atoms with Gasteiger partial charge in [0.2, 0.25) is 5.91 Å². The third-order valence-corrected chi connectivity index (χ3v) is 4.76. The Kier molecular flexibility index (Phi) is 7.25. The molecule has 2 rings (SSSR count). The minimum Gasteiger partial charge on any atom is -0.491 e. The van der Waals surface area contributed by atoms with E-state index >= 15 is 0 Å². The quantitative estimate of drug-likeness (QED) is 0.435. The molecule has 0 saturated carbocycles. The summed E-state index contributed by atoms with van der Waals surface area (Å²) in [5.41, 5.74) is 11.8. The van der Waals surface area contributed by atoms with Crippen LogP contribution in [0.5, 0.6) is 5.75 Å².